The largest absolute Gasteiger partial charge is 0.290 e. The van der Waals surface area contributed by atoms with Gasteiger partial charge in [0, 0.05) is 28.1 Å². The molecule has 1 unspecified atom stereocenters. The molecule has 0 aromatic carbocycles. The van der Waals surface area contributed by atoms with Gasteiger partial charge in [-0.1, -0.05) is 26.8 Å². The Balaban J connectivity index is 1.70. The maximum Gasteiger partial charge on any atom is 0.0932 e. The number of aromatic nitrogens is 2. The molecule has 0 saturated carbocycles. The molecule has 5 heteroatoms. The van der Waals surface area contributed by atoms with Crippen molar-refractivity contribution >= 4 is 22.7 Å². The van der Waals surface area contributed by atoms with Gasteiger partial charge in [-0.25, -0.2) is 0 Å². The van der Waals surface area contributed by atoms with Crippen LogP contribution in [0.15, 0.2) is 46.6 Å². The summed E-state index contributed by atoms with van der Waals surface area (Å²) in [5.41, 5.74) is 2.38. The molecule has 0 amide bonds. The number of thiophene rings is 2. The Labute approximate surface area is 139 Å². The lowest BCUT2D eigenvalue weighted by Gasteiger charge is -2.31. The van der Waals surface area contributed by atoms with E-state index in [-0.39, 0.29) is 5.41 Å². The SMILES string of the molecule is CC(C)(C)C(NCn1ccc(-c2ccsc2)n1)c1cccs1. The van der Waals surface area contributed by atoms with Gasteiger partial charge in [-0.05, 0) is 34.4 Å². The van der Waals surface area contributed by atoms with Gasteiger partial charge in [-0.3, -0.25) is 10.00 Å². The summed E-state index contributed by atoms with van der Waals surface area (Å²) < 4.78 is 1.97. The van der Waals surface area contributed by atoms with Crippen LogP contribution < -0.4 is 5.32 Å². The summed E-state index contributed by atoms with van der Waals surface area (Å²) in [7, 11) is 0. The van der Waals surface area contributed by atoms with E-state index in [1.54, 1.807) is 22.7 Å². The summed E-state index contributed by atoms with van der Waals surface area (Å²) in [5.74, 6) is 0. The summed E-state index contributed by atoms with van der Waals surface area (Å²) in [6, 6.07) is 8.81. The van der Waals surface area contributed by atoms with Gasteiger partial charge in [0.2, 0.25) is 0 Å². The Morgan fingerprint density at radius 2 is 2.09 bits per heavy atom. The van der Waals surface area contributed by atoms with Gasteiger partial charge < -0.3 is 0 Å². The molecular formula is C17H21N3S2. The van der Waals surface area contributed by atoms with E-state index >= 15 is 0 Å². The van der Waals surface area contributed by atoms with Crippen molar-refractivity contribution in [2.24, 2.45) is 5.41 Å². The second-order valence-corrected chi connectivity index (χ2v) is 8.19. The third-order valence-electron chi connectivity index (χ3n) is 3.61. The molecule has 1 atom stereocenters. The predicted molar refractivity (Wildman–Crippen MR) is 95.2 cm³/mol. The number of rotatable bonds is 5. The van der Waals surface area contributed by atoms with Crippen LogP contribution in [0, 0.1) is 5.41 Å². The zero-order chi connectivity index (χ0) is 15.6. The van der Waals surface area contributed by atoms with E-state index in [1.165, 1.54) is 10.4 Å². The van der Waals surface area contributed by atoms with Gasteiger partial charge in [0.1, 0.15) is 0 Å². The first-order chi connectivity index (χ1) is 10.5. The van der Waals surface area contributed by atoms with E-state index in [0.717, 1.165) is 5.69 Å². The first kappa shape index (κ1) is 15.5. The topological polar surface area (TPSA) is 29.9 Å². The average Bonchev–Trinajstić information content (AvgIpc) is 3.20. The van der Waals surface area contributed by atoms with Crippen LogP contribution in [0.1, 0.15) is 31.7 Å². The molecule has 22 heavy (non-hydrogen) atoms. The van der Waals surface area contributed by atoms with E-state index in [4.69, 9.17) is 0 Å². The molecule has 0 radical (unpaired) electrons. The van der Waals surface area contributed by atoms with Crippen LogP contribution in [-0.4, -0.2) is 9.78 Å². The lowest BCUT2D eigenvalue weighted by Crippen LogP contribution is -2.33. The van der Waals surface area contributed by atoms with Crippen molar-refractivity contribution in [1.29, 1.82) is 0 Å². The van der Waals surface area contributed by atoms with E-state index in [2.05, 4.69) is 71.6 Å². The Hall–Kier alpha value is -1.43. The summed E-state index contributed by atoms with van der Waals surface area (Å²) in [5, 5.41) is 14.7. The zero-order valence-electron chi connectivity index (χ0n) is 13.1. The van der Waals surface area contributed by atoms with Gasteiger partial charge in [0.05, 0.1) is 12.4 Å². The Morgan fingerprint density at radius 3 is 2.73 bits per heavy atom. The third kappa shape index (κ3) is 3.48. The molecule has 3 nitrogen and oxygen atoms in total. The number of hydrogen-bond donors (Lipinski definition) is 1. The average molecular weight is 332 g/mol. The van der Waals surface area contributed by atoms with Crippen LogP contribution in [0.4, 0.5) is 0 Å². The van der Waals surface area contributed by atoms with Gasteiger partial charge in [0.25, 0.3) is 0 Å². The highest BCUT2D eigenvalue weighted by molar-refractivity contribution is 7.10. The summed E-state index contributed by atoms with van der Waals surface area (Å²) in [6.07, 6.45) is 2.04. The highest BCUT2D eigenvalue weighted by Gasteiger charge is 2.26. The zero-order valence-corrected chi connectivity index (χ0v) is 14.7. The monoisotopic (exact) mass is 331 g/mol. The molecule has 0 aliphatic rings. The van der Waals surface area contributed by atoms with Crippen molar-refractivity contribution in [1.82, 2.24) is 15.1 Å². The van der Waals surface area contributed by atoms with Crippen LogP contribution in [-0.2, 0) is 6.67 Å². The number of hydrogen-bond acceptors (Lipinski definition) is 4. The molecule has 3 rings (SSSR count). The predicted octanol–water partition coefficient (Wildman–Crippen LogP) is 5.01. The van der Waals surface area contributed by atoms with Crippen molar-refractivity contribution < 1.29 is 0 Å². The van der Waals surface area contributed by atoms with Gasteiger partial charge in [0.15, 0.2) is 0 Å². The maximum atomic E-state index is 4.65. The summed E-state index contributed by atoms with van der Waals surface area (Å²) in [6.45, 7) is 7.52. The van der Waals surface area contributed by atoms with Crippen molar-refractivity contribution in [2.75, 3.05) is 0 Å². The van der Waals surface area contributed by atoms with Crippen molar-refractivity contribution in [3.8, 4) is 11.3 Å². The van der Waals surface area contributed by atoms with Crippen molar-refractivity contribution in [3.63, 3.8) is 0 Å². The minimum atomic E-state index is 0.161. The maximum absolute atomic E-state index is 4.65. The minimum Gasteiger partial charge on any atom is -0.290 e. The fourth-order valence-electron chi connectivity index (χ4n) is 2.49. The molecule has 1 N–H and O–H groups in total. The normalized spacial score (nSPS) is 13.4. The summed E-state index contributed by atoms with van der Waals surface area (Å²) in [4.78, 5) is 1.37. The summed E-state index contributed by atoms with van der Waals surface area (Å²) >= 11 is 3.51. The van der Waals surface area contributed by atoms with E-state index < -0.39 is 0 Å². The Morgan fingerprint density at radius 1 is 1.23 bits per heavy atom. The van der Waals surface area contributed by atoms with Crippen LogP contribution >= 0.6 is 22.7 Å². The standard InChI is InChI=1S/C17H21N3S2/c1-17(2,3)16(15-5-4-9-22-15)18-12-20-8-6-14(19-20)13-7-10-21-11-13/h4-11,16,18H,12H2,1-3H3. The van der Waals surface area contributed by atoms with Gasteiger partial charge in [-0.2, -0.15) is 16.4 Å². The fourth-order valence-corrected chi connectivity index (χ4v) is 4.18. The number of nitrogens with zero attached hydrogens (tertiary/aromatic N) is 2. The fraction of sp³-hybridized carbons (Fsp3) is 0.353. The van der Waals surface area contributed by atoms with Gasteiger partial charge in [-0.15, -0.1) is 11.3 Å². The quantitative estimate of drug-likeness (QED) is 0.712. The second-order valence-electron chi connectivity index (χ2n) is 6.43. The van der Waals surface area contributed by atoms with E-state index in [9.17, 15) is 0 Å². The molecule has 0 fully saturated rings. The molecule has 116 valence electrons. The minimum absolute atomic E-state index is 0.161. The molecular weight excluding hydrogens is 310 g/mol. The first-order valence-electron chi connectivity index (χ1n) is 7.37. The molecule has 0 aliphatic carbocycles. The Bertz CT molecular complexity index is 691. The molecule has 3 aromatic rings. The van der Waals surface area contributed by atoms with Crippen LogP contribution in [0.2, 0.25) is 0 Å². The molecule has 0 saturated heterocycles. The molecule has 0 aliphatic heterocycles. The van der Waals surface area contributed by atoms with Gasteiger partial charge >= 0.3 is 0 Å². The van der Waals surface area contributed by atoms with Crippen LogP contribution in [0.25, 0.3) is 11.3 Å². The van der Waals surface area contributed by atoms with E-state index in [0.29, 0.717) is 12.7 Å². The van der Waals surface area contributed by atoms with E-state index in [1.807, 2.05) is 10.9 Å². The smallest absolute Gasteiger partial charge is 0.0932 e. The highest BCUT2D eigenvalue weighted by atomic mass is 32.1. The highest BCUT2D eigenvalue weighted by Crippen LogP contribution is 2.35. The third-order valence-corrected chi connectivity index (χ3v) is 5.23. The molecule has 0 bridgehead atoms. The number of nitrogens with one attached hydrogen (secondary N) is 1. The van der Waals surface area contributed by atoms with Crippen molar-refractivity contribution in [3.05, 3.63) is 51.5 Å². The van der Waals surface area contributed by atoms with Crippen molar-refractivity contribution in [2.45, 2.75) is 33.5 Å². The molecule has 3 aromatic heterocycles. The lowest BCUT2D eigenvalue weighted by molar-refractivity contribution is 0.256. The molecule has 3 heterocycles. The van der Waals surface area contributed by atoms with Crippen LogP contribution in [0.3, 0.4) is 0 Å². The Kier molecular flexibility index (Phi) is 4.47. The lowest BCUT2D eigenvalue weighted by atomic mass is 9.86. The van der Waals surface area contributed by atoms with Crippen LogP contribution in [0.5, 0.6) is 0 Å². The second kappa shape index (κ2) is 6.36. The molecule has 0 spiro atoms. The first-order valence-corrected chi connectivity index (χ1v) is 9.19.